The van der Waals surface area contributed by atoms with Crippen molar-refractivity contribution in [3.63, 3.8) is 0 Å². The third-order valence-corrected chi connectivity index (χ3v) is 11.3. The fourth-order valence-electron chi connectivity index (χ4n) is 8.19. The molecule has 0 spiro atoms. The molecule has 4 amide bonds. The number of rotatable bonds is 14. The van der Waals surface area contributed by atoms with E-state index >= 15 is 0 Å². The van der Waals surface area contributed by atoms with Gasteiger partial charge in [-0.1, -0.05) is 39.3 Å². The first-order valence-electron chi connectivity index (χ1n) is 19.1. The topological polar surface area (TPSA) is 179 Å². The molecule has 1 unspecified atom stereocenters. The van der Waals surface area contributed by atoms with Crippen LogP contribution in [0.3, 0.4) is 0 Å². The van der Waals surface area contributed by atoms with Gasteiger partial charge in [0.05, 0.1) is 29.0 Å². The second-order valence-corrected chi connectivity index (χ2v) is 16.2. The third-order valence-electron chi connectivity index (χ3n) is 11.0. The summed E-state index contributed by atoms with van der Waals surface area (Å²) in [6.07, 6.45) is 6.36. The van der Waals surface area contributed by atoms with Crippen LogP contribution in [0.25, 0.3) is 0 Å². The number of amides is 4. The molecule has 2 aliphatic heterocycles. The highest BCUT2D eigenvalue weighted by Crippen LogP contribution is 2.55. The van der Waals surface area contributed by atoms with Crippen molar-refractivity contribution in [2.45, 2.75) is 78.0 Å². The number of aromatic nitrogens is 2. The average Bonchev–Trinajstić information content (AvgIpc) is 3.18. The summed E-state index contributed by atoms with van der Waals surface area (Å²) in [6.45, 7) is 13.4. The molecule has 2 aromatic heterocycles. The van der Waals surface area contributed by atoms with Crippen LogP contribution in [-0.2, 0) is 9.59 Å². The van der Waals surface area contributed by atoms with Crippen molar-refractivity contribution in [2.75, 3.05) is 44.2 Å². The summed E-state index contributed by atoms with van der Waals surface area (Å²) >= 11 is 6.23. The number of carbonyl (C=O) groups excluding carboxylic acids is 4. The van der Waals surface area contributed by atoms with Crippen molar-refractivity contribution >= 4 is 41.0 Å². The Bertz CT molecular complexity index is 1940. The standard InChI is InChI=1S/C41H49ClN8O6/c1-40(2)38(41(3,4)39(40)56-28-10-8-26(23-43)30(42)22-28)48-35(52)27-9-14-33(45-24-27)50-19-17-49(18-20-50)16-6-5-7-21-55-29-11-12-31(44-25-29)36(53)46-32-13-15-34(51)47-37(32)54/h8-12,14,22,24-25,32,38-39H,5-7,13,15-21H2,1-4H3,(H,46,53)(H,48,52)(H,47,51,54)/t32?,38-,39-. The molecular formula is C41H49ClN8O6. The van der Waals surface area contributed by atoms with E-state index in [1.54, 1.807) is 36.5 Å². The van der Waals surface area contributed by atoms with E-state index in [0.717, 1.165) is 57.8 Å². The Hall–Kier alpha value is -5.26. The zero-order valence-electron chi connectivity index (χ0n) is 32.3. The van der Waals surface area contributed by atoms with Gasteiger partial charge in [0.2, 0.25) is 11.8 Å². The van der Waals surface area contributed by atoms with E-state index in [4.69, 9.17) is 21.1 Å². The van der Waals surface area contributed by atoms with Gasteiger partial charge in [0.15, 0.2) is 0 Å². The Morgan fingerprint density at radius 2 is 1.68 bits per heavy atom. The maximum Gasteiger partial charge on any atom is 0.270 e. The minimum absolute atomic E-state index is 0.145. The zero-order chi connectivity index (χ0) is 40.0. The first-order chi connectivity index (χ1) is 26.8. The molecule has 14 nitrogen and oxygen atoms in total. The predicted molar refractivity (Wildman–Crippen MR) is 210 cm³/mol. The van der Waals surface area contributed by atoms with Crippen LogP contribution in [0.4, 0.5) is 5.82 Å². The van der Waals surface area contributed by atoms with Gasteiger partial charge in [-0.15, -0.1) is 0 Å². The second kappa shape index (κ2) is 17.3. The van der Waals surface area contributed by atoms with Crippen LogP contribution in [0.2, 0.25) is 5.02 Å². The predicted octanol–water partition coefficient (Wildman–Crippen LogP) is 4.52. The number of imide groups is 1. The molecule has 3 aromatic rings. The van der Waals surface area contributed by atoms with Crippen molar-refractivity contribution in [1.82, 2.24) is 30.8 Å². The van der Waals surface area contributed by atoms with Gasteiger partial charge < -0.3 is 25.0 Å². The smallest absolute Gasteiger partial charge is 0.270 e. The van der Waals surface area contributed by atoms with E-state index < -0.39 is 17.9 Å². The molecule has 4 heterocycles. The fraction of sp³-hybridized carbons (Fsp3) is 0.488. The number of anilines is 1. The molecule has 6 rings (SSSR count). The van der Waals surface area contributed by atoms with Gasteiger partial charge in [0, 0.05) is 61.7 Å². The van der Waals surface area contributed by atoms with Crippen LogP contribution in [0, 0.1) is 22.2 Å². The number of hydrogen-bond donors (Lipinski definition) is 3. The van der Waals surface area contributed by atoms with E-state index in [1.165, 1.54) is 6.20 Å². The summed E-state index contributed by atoms with van der Waals surface area (Å²) in [5.74, 6) is 0.523. The molecule has 2 saturated heterocycles. The summed E-state index contributed by atoms with van der Waals surface area (Å²) in [5, 5.41) is 17.6. The summed E-state index contributed by atoms with van der Waals surface area (Å²) in [5.41, 5.74) is 0.348. The van der Waals surface area contributed by atoms with E-state index in [9.17, 15) is 24.4 Å². The summed E-state index contributed by atoms with van der Waals surface area (Å²) < 4.78 is 12.2. The molecule has 1 saturated carbocycles. The normalized spacial score (nSPS) is 21.6. The molecule has 0 bridgehead atoms. The van der Waals surface area contributed by atoms with E-state index in [-0.39, 0.29) is 53.3 Å². The highest BCUT2D eigenvalue weighted by molar-refractivity contribution is 6.31. The molecule has 15 heteroatoms. The lowest BCUT2D eigenvalue weighted by Crippen LogP contribution is -2.74. The number of ether oxygens (including phenoxy) is 2. The Balaban J connectivity index is 0.865. The van der Waals surface area contributed by atoms with E-state index in [2.05, 4.69) is 69.5 Å². The minimum atomic E-state index is -0.751. The molecule has 296 valence electrons. The first kappa shape index (κ1) is 40.4. The lowest BCUT2D eigenvalue weighted by Gasteiger charge is -2.63. The van der Waals surface area contributed by atoms with Crippen LogP contribution in [0.15, 0.2) is 54.9 Å². The van der Waals surface area contributed by atoms with Crippen molar-refractivity contribution in [1.29, 1.82) is 5.26 Å². The highest BCUT2D eigenvalue weighted by Gasteiger charge is 2.64. The van der Waals surface area contributed by atoms with Gasteiger partial charge in [0.1, 0.15) is 41.2 Å². The number of nitrogens with one attached hydrogen (secondary N) is 3. The summed E-state index contributed by atoms with van der Waals surface area (Å²) in [6, 6.07) is 13.2. The number of pyridine rings is 2. The number of hydrogen-bond acceptors (Lipinski definition) is 11. The first-order valence-corrected chi connectivity index (χ1v) is 19.5. The SMILES string of the molecule is CC1(C)[C@H](NC(=O)c2ccc(N3CCN(CCCCCOc4ccc(C(=O)NC5CCC(=O)NC5=O)nc4)CC3)nc2)C(C)(C)[C@H]1Oc1ccc(C#N)c(Cl)c1. The summed E-state index contributed by atoms with van der Waals surface area (Å²) in [7, 11) is 0. The minimum Gasteiger partial charge on any atom is -0.492 e. The van der Waals surface area contributed by atoms with Crippen LogP contribution in [0.1, 0.15) is 86.2 Å². The van der Waals surface area contributed by atoms with Crippen LogP contribution in [-0.4, -0.2) is 96.0 Å². The maximum atomic E-state index is 13.4. The van der Waals surface area contributed by atoms with Crippen LogP contribution < -0.4 is 30.3 Å². The number of piperazine rings is 1. The van der Waals surface area contributed by atoms with Gasteiger partial charge in [-0.2, -0.15) is 5.26 Å². The summed E-state index contributed by atoms with van der Waals surface area (Å²) in [4.78, 5) is 62.6. The molecule has 3 N–H and O–H groups in total. The van der Waals surface area contributed by atoms with Gasteiger partial charge >= 0.3 is 0 Å². The number of nitrogens with zero attached hydrogens (tertiary/aromatic N) is 5. The molecule has 56 heavy (non-hydrogen) atoms. The van der Waals surface area contributed by atoms with E-state index in [0.29, 0.717) is 34.3 Å². The molecule has 1 aromatic carbocycles. The molecule has 3 fully saturated rings. The largest absolute Gasteiger partial charge is 0.492 e. The zero-order valence-corrected chi connectivity index (χ0v) is 33.0. The van der Waals surface area contributed by atoms with Gasteiger partial charge in [0.25, 0.3) is 11.8 Å². The average molecular weight is 785 g/mol. The Kier molecular flexibility index (Phi) is 12.5. The molecule has 1 aliphatic carbocycles. The number of piperidine rings is 1. The van der Waals surface area contributed by atoms with Gasteiger partial charge in [-0.25, -0.2) is 9.97 Å². The molecule has 3 aliphatic rings. The number of benzene rings is 1. The van der Waals surface area contributed by atoms with Crippen LogP contribution >= 0.6 is 11.6 Å². The van der Waals surface area contributed by atoms with Crippen LogP contribution in [0.5, 0.6) is 11.5 Å². The fourth-order valence-corrected chi connectivity index (χ4v) is 8.40. The number of carbonyl (C=O) groups is 4. The third kappa shape index (κ3) is 9.22. The van der Waals surface area contributed by atoms with Crippen molar-refractivity contribution in [2.24, 2.45) is 10.8 Å². The number of nitriles is 1. The van der Waals surface area contributed by atoms with Gasteiger partial charge in [-0.05, 0) is 68.6 Å². The monoisotopic (exact) mass is 784 g/mol. The van der Waals surface area contributed by atoms with Crippen molar-refractivity contribution in [3.05, 3.63) is 76.7 Å². The Morgan fingerprint density at radius 3 is 2.32 bits per heavy atom. The van der Waals surface area contributed by atoms with Gasteiger partial charge in [-0.3, -0.25) is 29.4 Å². The lowest BCUT2D eigenvalue weighted by molar-refractivity contribution is -0.164. The Labute approximate surface area is 332 Å². The lowest BCUT2D eigenvalue weighted by atomic mass is 9.49. The number of halogens is 1. The Morgan fingerprint density at radius 1 is 0.929 bits per heavy atom. The molecular weight excluding hydrogens is 736 g/mol. The highest BCUT2D eigenvalue weighted by atomic mass is 35.5. The van der Waals surface area contributed by atoms with Crippen molar-refractivity contribution in [3.8, 4) is 17.6 Å². The molecule has 0 radical (unpaired) electrons. The quantitative estimate of drug-likeness (QED) is 0.155. The van der Waals surface area contributed by atoms with Crippen molar-refractivity contribution < 1.29 is 28.7 Å². The van der Waals surface area contributed by atoms with E-state index in [1.807, 2.05) is 12.1 Å². The second-order valence-electron chi connectivity index (χ2n) is 15.8. The number of unbranched alkanes of at least 4 members (excludes halogenated alkanes) is 2. The maximum absolute atomic E-state index is 13.4. The molecule has 1 atom stereocenters.